The van der Waals surface area contributed by atoms with Crippen molar-refractivity contribution in [3.05, 3.63) is 21.9 Å². The van der Waals surface area contributed by atoms with Gasteiger partial charge in [0.25, 0.3) is 0 Å². The van der Waals surface area contributed by atoms with E-state index in [0.29, 0.717) is 6.04 Å². The van der Waals surface area contributed by atoms with E-state index in [4.69, 9.17) is 4.74 Å². The van der Waals surface area contributed by atoms with Crippen molar-refractivity contribution in [2.45, 2.75) is 39.4 Å². The van der Waals surface area contributed by atoms with Crippen LogP contribution in [0.15, 0.2) is 12.1 Å². The van der Waals surface area contributed by atoms with Gasteiger partial charge in [0.15, 0.2) is 0 Å². The van der Waals surface area contributed by atoms with E-state index in [-0.39, 0.29) is 0 Å². The molecule has 0 aromatic carbocycles. The van der Waals surface area contributed by atoms with Crippen molar-refractivity contribution >= 4 is 11.3 Å². The lowest BCUT2D eigenvalue weighted by Gasteiger charge is -2.34. The summed E-state index contributed by atoms with van der Waals surface area (Å²) in [7, 11) is 0. The van der Waals surface area contributed by atoms with Crippen LogP contribution in [-0.4, -0.2) is 37.2 Å². The van der Waals surface area contributed by atoms with Crippen LogP contribution in [0.25, 0.3) is 0 Å². The summed E-state index contributed by atoms with van der Waals surface area (Å²) >= 11 is 1.93. The normalized spacial score (nSPS) is 21.3. The minimum absolute atomic E-state index is 0.595. The fourth-order valence-electron chi connectivity index (χ4n) is 2.32. The van der Waals surface area contributed by atoms with Crippen LogP contribution < -0.4 is 5.32 Å². The molecule has 1 aliphatic rings. The SMILES string of the molecule is CCNCc1ccc(CN2CCOCC2CC)s1. The Morgan fingerprint density at radius 1 is 1.39 bits per heavy atom. The quantitative estimate of drug-likeness (QED) is 0.858. The Bertz CT molecular complexity index is 353. The summed E-state index contributed by atoms with van der Waals surface area (Å²) in [6.07, 6.45) is 1.18. The molecular formula is C14H24N2OS. The highest BCUT2D eigenvalue weighted by Gasteiger charge is 2.21. The van der Waals surface area contributed by atoms with Crippen molar-refractivity contribution in [1.82, 2.24) is 10.2 Å². The average Bonchev–Trinajstić information content (AvgIpc) is 2.84. The molecule has 0 radical (unpaired) electrons. The maximum atomic E-state index is 5.55. The molecule has 3 nitrogen and oxygen atoms in total. The van der Waals surface area contributed by atoms with E-state index in [1.807, 2.05) is 11.3 Å². The molecule has 2 heterocycles. The van der Waals surface area contributed by atoms with Crippen LogP contribution in [0.1, 0.15) is 30.0 Å². The van der Waals surface area contributed by atoms with Crippen LogP contribution in [0.5, 0.6) is 0 Å². The average molecular weight is 268 g/mol. The number of ether oxygens (including phenoxy) is 1. The van der Waals surface area contributed by atoms with Gasteiger partial charge in [0.2, 0.25) is 0 Å². The number of hydrogen-bond donors (Lipinski definition) is 1. The first-order valence-electron chi connectivity index (χ1n) is 6.93. The largest absolute Gasteiger partial charge is 0.378 e. The van der Waals surface area contributed by atoms with E-state index < -0.39 is 0 Å². The van der Waals surface area contributed by atoms with Crippen molar-refractivity contribution in [2.75, 3.05) is 26.3 Å². The Kier molecular flexibility index (Phi) is 5.63. The maximum absolute atomic E-state index is 5.55. The van der Waals surface area contributed by atoms with Gasteiger partial charge in [-0.05, 0) is 25.1 Å². The highest BCUT2D eigenvalue weighted by molar-refractivity contribution is 7.11. The Balaban J connectivity index is 1.89. The van der Waals surface area contributed by atoms with Crippen LogP contribution in [0.2, 0.25) is 0 Å². The van der Waals surface area contributed by atoms with E-state index in [1.54, 1.807) is 0 Å². The monoisotopic (exact) mass is 268 g/mol. The van der Waals surface area contributed by atoms with Crippen molar-refractivity contribution in [3.63, 3.8) is 0 Å². The van der Waals surface area contributed by atoms with Gasteiger partial charge >= 0.3 is 0 Å². The van der Waals surface area contributed by atoms with E-state index in [2.05, 4.69) is 36.2 Å². The van der Waals surface area contributed by atoms with E-state index in [1.165, 1.54) is 16.2 Å². The van der Waals surface area contributed by atoms with E-state index in [9.17, 15) is 0 Å². The molecular weight excluding hydrogens is 244 g/mol. The molecule has 1 N–H and O–H groups in total. The van der Waals surface area contributed by atoms with Gasteiger partial charge in [-0.1, -0.05) is 13.8 Å². The summed E-state index contributed by atoms with van der Waals surface area (Å²) in [6.45, 7) is 10.4. The number of morpholine rings is 1. The fraction of sp³-hybridized carbons (Fsp3) is 0.714. The predicted octanol–water partition coefficient (Wildman–Crippen LogP) is 2.47. The molecule has 0 spiro atoms. The standard InChI is InChI=1S/C14H24N2OS/c1-3-12-11-17-8-7-16(12)10-14-6-5-13(18-14)9-15-4-2/h5-6,12,15H,3-4,7-11H2,1-2H3. The summed E-state index contributed by atoms with van der Waals surface area (Å²) < 4.78 is 5.55. The van der Waals surface area contributed by atoms with E-state index in [0.717, 1.165) is 39.4 Å². The molecule has 0 amide bonds. The second-order valence-corrected chi connectivity index (χ2v) is 6.01. The third-order valence-electron chi connectivity index (χ3n) is 3.45. The summed E-state index contributed by atoms with van der Waals surface area (Å²) in [4.78, 5) is 5.48. The highest BCUT2D eigenvalue weighted by atomic mass is 32.1. The second-order valence-electron chi connectivity index (χ2n) is 4.76. The van der Waals surface area contributed by atoms with Crippen molar-refractivity contribution in [3.8, 4) is 0 Å². The van der Waals surface area contributed by atoms with Gasteiger partial charge in [0, 0.05) is 35.4 Å². The van der Waals surface area contributed by atoms with Crippen LogP contribution >= 0.6 is 11.3 Å². The summed E-state index contributed by atoms with van der Waals surface area (Å²) in [6, 6.07) is 5.13. The van der Waals surface area contributed by atoms with Gasteiger partial charge in [-0.25, -0.2) is 0 Å². The topological polar surface area (TPSA) is 24.5 Å². The zero-order valence-electron chi connectivity index (χ0n) is 11.4. The molecule has 1 aromatic rings. The first-order valence-corrected chi connectivity index (χ1v) is 7.75. The van der Waals surface area contributed by atoms with Gasteiger partial charge in [0.05, 0.1) is 13.2 Å². The minimum atomic E-state index is 0.595. The summed E-state index contributed by atoms with van der Waals surface area (Å²) in [5.41, 5.74) is 0. The minimum Gasteiger partial charge on any atom is -0.378 e. The molecule has 1 aromatic heterocycles. The molecule has 1 saturated heterocycles. The number of nitrogens with zero attached hydrogens (tertiary/aromatic N) is 1. The molecule has 18 heavy (non-hydrogen) atoms. The molecule has 1 atom stereocenters. The lowest BCUT2D eigenvalue weighted by atomic mass is 10.2. The molecule has 0 bridgehead atoms. The number of nitrogens with one attached hydrogen (secondary N) is 1. The smallest absolute Gasteiger partial charge is 0.0622 e. The van der Waals surface area contributed by atoms with Crippen molar-refractivity contribution < 1.29 is 4.74 Å². The van der Waals surface area contributed by atoms with Gasteiger partial charge in [-0.3, -0.25) is 4.90 Å². The Morgan fingerprint density at radius 2 is 2.22 bits per heavy atom. The van der Waals surface area contributed by atoms with Gasteiger partial charge in [-0.15, -0.1) is 11.3 Å². The van der Waals surface area contributed by atoms with Crippen LogP contribution in [0.3, 0.4) is 0 Å². The van der Waals surface area contributed by atoms with Crippen molar-refractivity contribution in [2.24, 2.45) is 0 Å². The molecule has 102 valence electrons. The fourth-order valence-corrected chi connectivity index (χ4v) is 3.34. The second kappa shape index (κ2) is 7.24. The molecule has 0 saturated carbocycles. The Morgan fingerprint density at radius 3 is 3.00 bits per heavy atom. The predicted molar refractivity (Wildman–Crippen MR) is 77.0 cm³/mol. The third-order valence-corrected chi connectivity index (χ3v) is 4.52. The zero-order valence-corrected chi connectivity index (χ0v) is 12.3. The van der Waals surface area contributed by atoms with Gasteiger partial charge < -0.3 is 10.1 Å². The lowest BCUT2D eigenvalue weighted by molar-refractivity contribution is -0.0122. The van der Waals surface area contributed by atoms with Crippen molar-refractivity contribution in [1.29, 1.82) is 0 Å². The Labute approximate surface area is 114 Å². The first kappa shape index (κ1) is 14.0. The number of hydrogen-bond acceptors (Lipinski definition) is 4. The van der Waals surface area contributed by atoms with Crippen LogP contribution in [0.4, 0.5) is 0 Å². The van der Waals surface area contributed by atoms with Crippen LogP contribution in [-0.2, 0) is 17.8 Å². The number of thiophene rings is 1. The molecule has 1 fully saturated rings. The van der Waals surface area contributed by atoms with Gasteiger partial charge in [-0.2, -0.15) is 0 Å². The van der Waals surface area contributed by atoms with Crippen LogP contribution in [0, 0.1) is 0 Å². The van der Waals surface area contributed by atoms with E-state index >= 15 is 0 Å². The third kappa shape index (κ3) is 3.79. The molecule has 1 unspecified atom stereocenters. The lowest BCUT2D eigenvalue weighted by Crippen LogP contribution is -2.44. The Hall–Kier alpha value is -0.420. The highest BCUT2D eigenvalue weighted by Crippen LogP contribution is 2.21. The molecule has 4 heteroatoms. The zero-order chi connectivity index (χ0) is 12.8. The maximum Gasteiger partial charge on any atom is 0.0622 e. The molecule has 0 aliphatic carbocycles. The molecule has 2 rings (SSSR count). The summed E-state index contributed by atoms with van der Waals surface area (Å²) in [5.74, 6) is 0. The summed E-state index contributed by atoms with van der Waals surface area (Å²) in [5, 5.41) is 3.38. The van der Waals surface area contributed by atoms with Gasteiger partial charge in [0.1, 0.15) is 0 Å². The molecule has 1 aliphatic heterocycles. The first-order chi connectivity index (χ1) is 8.83. The number of rotatable bonds is 6.